The van der Waals surface area contributed by atoms with Crippen molar-refractivity contribution >= 4 is 0 Å². The highest BCUT2D eigenvalue weighted by atomic mass is 16.2. The Hall–Kier alpha value is -2.17. The van der Waals surface area contributed by atoms with Gasteiger partial charge in [-0.3, -0.25) is 9.59 Å². The van der Waals surface area contributed by atoms with Gasteiger partial charge in [0, 0.05) is 0 Å². The summed E-state index contributed by atoms with van der Waals surface area (Å²) in [5.74, 6) is 0. The van der Waals surface area contributed by atoms with Crippen molar-refractivity contribution in [3.8, 4) is 0 Å². The van der Waals surface area contributed by atoms with Gasteiger partial charge in [-0.1, -0.05) is 30.3 Å². The van der Waals surface area contributed by atoms with Gasteiger partial charge in [0.05, 0.1) is 6.54 Å². The zero-order valence-electron chi connectivity index (χ0n) is 7.88. The number of nitrogens with one attached hydrogen (secondary N) is 1. The lowest BCUT2D eigenvalue weighted by Gasteiger charge is -2.03. The van der Waals surface area contributed by atoms with Gasteiger partial charge in [0.1, 0.15) is 6.20 Å². The number of benzene rings is 1. The van der Waals surface area contributed by atoms with Crippen molar-refractivity contribution in [2.45, 2.75) is 6.54 Å². The van der Waals surface area contributed by atoms with E-state index < -0.39 is 11.0 Å². The number of aromatic nitrogens is 3. The average molecular weight is 203 g/mol. The van der Waals surface area contributed by atoms with Crippen LogP contribution in [0.15, 0.2) is 46.1 Å². The second-order valence-electron chi connectivity index (χ2n) is 3.10. The van der Waals surface area contributed by atoms with Crippen molar-refractivity contribution in [2.75, 3.05) is 0 Å². The highest BCUT2D eigenvalue weighted by Gasteiger charge is 2.00. The van der Waals surface area contributed by atoms with Crippen LogP contribution in [0.25, 0.3) is 0 Å². The van der Waals surface area contributed by atoms with Crippen LogP contribution in [0.1, 0.15) is 5.56 Å². The summed E-state index contributed by atoms with van der Waals surface area (Å²) in [5.41, 5.74) is -0.262. The number of nitrogens with zero attached hydrogens (tertiary/aromatic N) is 2. The number of aromatic amines is 1. The summed E-state index contributed by atoms with van der Waals surface area (Å²) in [6.45, 7) is 0.322. The maximum atomic E-state index is 11.4. The summed E-state index contributed by atoms with van der Waals surface area (Å²) in [4.78, 5) is 22.4. The van der Waals surface area contributed by atoms with Gasteiger partial charge in [0.25, 0.3) is 5.43 Å². The Morgan fingerprint density at radius 1 is 1.20 bits per heavy atom. The van der Waals surface area contributed by atoms with Gasteiger partial charge in [-0.05, 0) is 5.56 Å². The first-order valence-corrected chi connectivity index (χ1v) is 4.46. The van der Waals surface area contributed by atoms with E-state index in [1.807, 2.05) is 30.3 Å². The first kappa shape index (κ1) is 9.39. The molecule has 2 rings (SSSR count). The van der Waals surface area contributed by atoms with Gasteiger partial charge in [0.15, 0.2) is 0 Å². The van der Waals surface area contributed by atoms with Gasteiger partial charge >= 0.3 is 5.56 Å². The smallest absolute Gasteiger partial charge is 0.282 e. The lowest BCUT2D eigenvalue weighted by atomic mass is 10.2. The van der Waals surface area contributed by atoms with Gasteiger partial charge in [0.2, 0.25) is 0 Å². The summed E-state index contributed by atoms with van der Waals surface area (Å²) in [6, 6.07) is 9.37. The third-order valence-electron chi connectivity index (χ3n) is 2.00. The first-order chi connectivity index (χ1) is 7.27. The maximum absolute atomic E-state index is 11.4. The molecule has 5 heteroatoms. The lowest BCUT2D eigenvalue weighted by molar-refractivity contribution is 0.581. The maximum Gasteiger partial charge on any atom is 0.315 e. The first-order valence-electron chi connectivity index (χ1n) is 4.46. The summed E-state index contributed by atoms with van der Waals surface area (Å²) in [5, 5.41) is 6.05. The molecule has 15 heavy (non-hydrogen) atoms. The van der Waals surface area contributed by atoms with E-state index in [0.717, 1.165) is 11.8 Å². The molecule has 0 radical (unpaired) electrons. The van der Waals surface area contributed by atoms with Crippen LogP contribution in [0.5, 0.6) is 0 Å². The molecule has 1 N–H and O–H groups in total. The largest absolute Gasteiger partial charge is 0.315 e. The van der Waals surface area contributed by atoms with E-state index in [4.69, 9.17) is 0 Å². The van der Waals surface area contributed by atoms with Crippen LogP contribution < -0.4 is 11.0 Å². The monoisotopic (exact) mass is 203 g/mol. The standard InChI is InChI=1S/C10H9N3O2/c14-9-6-11-12-13(10(9)15)7-8-4-2-1-3-5-8/h1-6,12H,7H2. The average Bonchev–Trinajstić information content (AvgIpc) is 2.26. The van der Waals surface area contributed by atoms with Crippen LogP contribution in [0.4, 0.5) is 0 Å². The molecule has 0 unspecified atom stereocenters. The van der Waals surface area contributed by atoms with Crippen molar-refractivity contribution < 1.29 is 0 Å². The summed E-state index contributed by atoms with van der Waals surface area (Å²) in [6.07, 6.45) is 0.976. The number of rotatable bonds is 2. The summed E-state index contributed by atoms with van der Waals surface area (Å²) >= 11 is 0. The van der Waals surface area contributed by atoms with Crippen LogP contribution in [-0.2, 0) is 6.54 Å². The predicted molar refractivity (Wildman–Crippen MR) is 54.7 cm³/mol. The summed E-state index contributed by atoms with van der Waals surface area (Å²) in [7, 11) is 0. The number of hydrogen-bond acceptors (Lipinski definition) is 3. The molecule has 0 amide bonds. The third kappa shape index (κ3) is 2.01. The van der Waals surface area contributed by atoms with Crippen molar-refractivity contribution in [3.05, 3.63) is 62.7 Å². The number of hydrogen-bond donors (Lipinski definition) is 1. The van der Waals surface area contributed by atoms with E-state index in [0.29, 0.717) is 6.54 Å². The fourth-order valence-corrected chi connectivity index (χ4v) is 1.26. The Labute approximate surface area is 85.0 Å². The van der Waals surface area contributed by atoms with E-state index >= 15 is 0 Å². The van der Waals surface area contributed by atoms with E-state index in [1.54, 1.807) is 0 Å². The van der Waals surface area contributed by atoms with Crippen LogP contribution in [0.2, 0.25) is 0 Å². The molecule has 1 aromatic carbocycles. The van der Waals surface area contributed by atoms with Crippen molar-refractivity contribution in [1.29, 1.82) is 0 Å². The van der Waals surface area contributed by atoms with Gasteiger partial charge < -0.3 is 0 Å². The molecule has 0 fully saturated rings. The number of H-pyrrole nitrogens is 1. The van der Waals surface area contributed by atoms with Crippen LogP contribution in [0.3, 0.4) is 0 Å². The van der Waals surface area contributed by atoms with Crippen molar-refractivity contribution in [2.24, 2.45) is 0 Å². The Morgan fingerprint density at radius 3 is 2.67 bits per heavy atom. The molecule has 0 saturated carbocycles. The van der Waals surface area contributed by atoms with Gasteiger partial charge in [-0.2, -0.15) is 5.10 Å². The fraction of sp³-hybridized carbons (Fsp3) is 0.100. The minimum atomic E-state index is -0.607. The Bertz CT molecular complexity index is 557. The van der Waals surface area contributed by atoms with Crippen LogP contribution in [-0.4, -0.2) is 15.0 Å². The summed E-state index contributed by atoms with van der Waals surface area (Å²) < 4.78 is 1.18. The topological polar surface area (TPSA) is 67.8 Å². The molecule has 5 nitrogen and oxygen atoms in total. The molecule has 1 heterocycles. The molecule has 0 saturated heterocycles. The highest BCUT2D eigenvalue weighted by molar-refractivity contribution is 5.14. The fourth-order valence-electron chi connectivity index (χ4n) is 1.26. The predicted octanol–water partition coefficient (Wildman–Crippen LogP) is -0.0201. The molecule has 0 aliphatic carbocycles. The molecule has 0 spiro atoms. The lowest BCUT2D eigenvalue weighted by Crippen LogP contribution is -2.36. The minimum absolute atomic E-state index is 0.322. The van der Waals surface area contributed by atoms with Crippen LogP contribution in [0, 0.1) is 0 Å². The second-order valence-corrected chi connectivity index (χ2v) is 3.10. The van der Waals surface area contributed by atoms with Gasteiger partial charge in [-0.25, -0.2) is 9.90 Å². The highest BCUT2D eigenvalue weighted by Crippen LogP contribution is 1.98. The third-order valence-corrected chi connectivity index (χ3v) is 2.00. The Kier molecular flexibility index (Phi) is 2.45. The van der Waals surface area contributed by atoms with E-state index in [1.165, 1.54) is 4.68 Å². The molecular weight excluding hydrogens is 194 g/mol. The molecule has 0 atom stereocenters. The van der Waals surface area contributed by atoms with E-state index in [-0.39, 0.29) is 0 Å². The van der Waals surface area contributed by atoms with Crippen molar-refractivity contribution in [1.82, 2.24) is 15.0 Å². The van der Waals surface area contributed by atoms with E-state index in [9.17, 15) is 9.59 Å². The molecule has 2 aromatic rings. The minimum Gasteiger partial charge on any atom is -0.282 e. The van der Waals surface area contributed by atoms with Crippen LogP contribution >= 0.6 is 0 Å². The molecular formula is C10H9N3O2. The normalized spacial score (nSPS) is 10.1. The zero-order chi connectivity index (χ0) is 10.7. The van der Waals surface area contributed by atoms with Crippen molar-refractivity contribution in [3.63, 3.8) is 0 Å². The SMILES string of the molecule is O=c1cn[nH]n(Cc2ccccc2)c1=O. The molecule has 0 aliphatic rings. The van der Waals surface area contributed by atoms with E-state index in [2.05, 4.69) is 10.3 Å². The zero-order valence-corrected chi connectivity index (χ0v) is 7.88. The molecule has 1 aromatic heterocycles. The molecule has 0 aliphatic heterocycles. The Morgan fingerprint density at radius 2 is 1.93 bits per heavy atom. The molecule has 76 valence electrons. The quantitative estimate of drug-likeness (QED) is 0.697. The van der Waals surface area contributed by atoms with Gasteiger partial charge in [-0.15, -0.1) is 0 Å². The Balaban J connectivity index is 2.38. The second kappa shape index (κ2) is 3.91. The molecule has 0 bridgehead atoms.